The molecule has 2 aliphatic rings. The number of pyridine rings is 1. The minimum absolute atomic E-state index is 0.146. The number of ether oxygens (including phenoxy) is 1. The van der Waals surface area contributed by atoms with Crippen molar-refractivity contribution in [2.24, 2.45) is 10.7 Å². The van der Waals surface area contributed by atoms with Crippen LogP contribution >= 0.6 is 11.3 Å². The maximum Gasteiger partial charge on any atom is 0.410 e. The number of carbonyl (C=O) groups excluding carboxylic acids is 1. The Morgan fingerprint density at radius 2 is 1.95 bits per heavy atom. The third-order valence-corrected chi connectivity index (χ3v) is 9.15. The fraction of sp³-hybridized carbons (Fsp3) is 0.552. The third kappa shape index (κ3) is 4.65. The lowest BCUT2D eigenvalue weighted by Gasteiger charge is -2.39. The summed E-state index contributed by atoms with van der Waals surface area (Å²) in [5.74, 6) is 1.48. The van der Waals surface area contributed by atoms with Crippen molar-refractivity contribution >= 4 is 39.8 Å². The summed E-state index contributed by atoms with van der Waals surface area (Å²) in [7, 11) is 0. The number of carbonyl (C=O) groups is 1. The molecule has 0 aromatic carbocycles. The SMILES string of the molecule is Cc1cc(-c2[nH]c3sc(C4CC5CCC(C4)N5C(=O)OC(C)(C)C)c(C)c3c2C(C)C)cnc1N=CN. The Morgan fingerprint density at radius 1 is 1.27 bits per heavy atom. The summed E-state index contributed by atoms with van der Waals surface area (Å²) in [5, 5.41) is 1.36. The van der Waals surface area contributed by atoms with E-state index >= 15 is 0 Å². The van der Waals surface area contributed by atoms with Gasteiger partial charge in [0.1, 0.15) is 10.4 Å². The molecular weight excluding hydrogens is 482 g/mol. The van der Waals surface area contributed by atoms with Crippen LogP contribution in [-0.2, 0) is 4.74 Å². The number of thiophene rings is 1. The molecule has 3 N–H and O–H groups in total. The summed E-state index contributed by atoms with van der Waals surface area (Å²) in [5.41, 5.74) is 11.0. The molecule has 2 unspecified atom stereocenters. The summed E-state index contributed by atoms with van der Waals surface area (Å²) in [6.07, 6.45) is 7.19. The highest BCUT2D eigenvalue weighted by Gasteiger charge is 2.46. The number of nitrogens with zero attached hydrogens (tertiary/aromatic N) is 3. The van der Waals surface area contributed by atoms with Gasteiger partial charge in [-0.1, -0.05) is 13.8 Å². The Kier molecular flexibility index (Phi) is 6.59. The predicted molar refractivity (Wildman–Crippen MR) is 152 cm³/mol. The number of amides is 1. The van der Waals surface area contributed by atoms with Gasteiger partial charge in [0.25, 0.3) is 0 Å². The molecule has 198 valence electrons. The van der Waals surface area contributed by atoms with Crippen LogP contribution < -0.4 is 5.73 Å². The van der Waals surface area contributed by atoms with Crippen LogP contribution in [0, 0.1) is 13.8 Å². The monoisotopic (exact) mass is 521 g/mol. The highest BCUT2D eigenvalue weighted by atomic mass is 32.1. The first-order valence-electron chi connectivity index (χ1n) is 13.4. The lowest BCUT2D eigenvalue weighted by Crippen LogP contribution is -2.48. The Balaban J connectivity index is 1.47. The third-order valence-electron chi connectivity index (χ3n) is 7.78. The normalized spacial score (nSPS) is 22.1. The van der Waals surface area contributed by atoms with Crippen molar-refractivity contribution in [1.82, 2.24) is 14.9 Å². The molecule has 2 bridgehead atoms. The number of aliphatic imine (C=N–C) groups is 1. The summed E-state index contributed by atoms with van der Waals surface area (Å²) < 4.78 is 5.75. The molecule has 0 saturated carbocycles. The average Bonchev–Trinajstić information content (AvgIpc) is 3.42. The fourth-order valence-corrected chi connectivity index (χ4v) is 7.71. The van der Waals surface area contributed by atoms with Crippen LogP contribution in [0.25, 0.3) is 21.5 Å². The smallest absolute Gasteiger partial charge is 0.410 e. The maximum absolute atomic E-state index is 12.9. The second kappa shape index (κ2) is 9.46. The van der Waals surface area contributed by atoms with Gasteiger partial charge in [-0.3, -0.25) is 0 Å². The lowest BCUT2D eigenvalue weighted by molar-refractivity contribution is 0.00595. The number of hydrogen-bond acceptors (Lipinski definition) is 5. The van der Waals surface area contributed by atoms with E-state index in [9.17, 15) is 4.79 Å². The molecule has 0 radical (unpaired) electrons. The molecule has 0 spiro atoms. The van der Waals surface area contributed by atoms with Crippen LogP contribution in [0.15, 0.2) is 17.3 Å². The number of rotatable bonds is 4. The van der Waals surface area contributed by atoms with E-state index in [1.807, 2.05) is 50.1 Å². The number of nitrogens with one attached hydrogen (secondary N) is 1. The van der Waals surface area contributed by atoms with Gasteiger partial charge >= 0.3 is 6.09 Å². The molecule has 37 heavy (non-hydrogen) atoms. The maximum atomic E-state index is 12.9. The molecule has 0 aliphatic carbocycles. The highest BCUT2D eigenvalue weighted by molar-refractivity contribution is 7.19. The molecule has 5 heterocycles. The van der Waals surface area contributed by atoms with Crippen molar-refractivity contribution in [3.8, 4) is 11.3 Å². The molecule has 5 rings (SSSR count). The number of aryl methyl sites for hydroxylation is 2. The first-order chi connectivity index (χ1) is 17.5. The molecule has 2 atom stereocenters. The zero-order valence-electron chi connectivity index (χ0n) is 23.0. The number of piperidine rings is 1. The molecule has 2 aliphatic heterocycles. The Hall–Kier alpha value is -2.87. The number of H-pyrrole nitrogens is 1. The van der Waals surface area contributed by atoms with Crippen molar-refractivity contribution in [2.45, 2.75) is 104 Å². The fourth-order valence-electron chi connectivity index (χ4n) is 6.36. The van der Waals surface area contributed by atoms with Gasteiger partial charge in [-0.25, -0.2) is 14.8 Å². The van der Waals surface area contributed by atoms with Gasteiger partial charge in [0, 0.05) is 34.1 Å². The zero-order chi connectivity index (χ0) is 26.6. The Morgan fingerprint density at radius 3 is 2.51 bits per heavy atom. The Bertz CT molecular complexity index is 1350. The van der Waals surface area contributed by atoms with E-state index in [4.69, 9.17) is 10.5 Å². The van der Waals surface area contributed by atoms with E-state index in [2.05, 4.69) is 41.8 Å². The number of aromatic nitrogens is 2. The molecule has 1 amide bonds. The quantitative estimate of drug-likeness (QED) is 0.278. The largest absolute Gasteiger partial charge is 0.444 e. The van der Waals surface area contributed by atoms with Gasteiger partial charge in [0.15, 0.2) is 5.82 Å². The summed E-state index contributed by atoms with van der Waals surface area (Å²) in [6.45, 7) is 14.6. The van der Waals surface area contributed by atoms with Crippen molar-refractivity contribution in [2.75, 3.05) is 0 Å². The van der Waals surface area contributed by atoms with E-state index in [1.54, 1.807) is 0 Å². The number of aromatic amines is 1. The van der Waals surface area contributed by atoms with Crippen LogP contribution in [0.1, 0.15) is 93.7 Å². The topological polar surface area (TPSA) is 96.6 Å². The van der Waals surface area contributed by atoms with Crippen LogP contribution in [0.5, 0.6) is 0 Å². The van der Waals surface area contributed by atoms with Crippen molar-refractivity contribution in [1.29, 1.82) is 0 Å². The minimum atomic E-state index is -0.465. The van der Waals surface area contributed by atoms with Crippen LogP contribution in [0.2, 0.25) is 0 Å². The van der Waals surface area contributed by atoms with Crippen molar-refractivity contribution in [3.05, 3.63) is 33.8 Å². The van der Waals surface area contributed by atoms with Crippen molar-refractivity contribution < 1.29 is 9.53 Å². The van der Waals surface area contributed by atoms with Gasteiger partial charge in [0.2, 0.25) is 0 Å². The molecule has 2 fully saturated rings. The standard InChI is InChI=1S/C29H39N5O2S/c1-15(2)22-23-17(4)25(18-11-20-8-9-21(12-18)34(20)28(35)36-29(5,6)7)37-27(23)33-24(22)19-10-16(3)26(31-13-19)32-14-30/h10,13-15,18,20-21,33H,8-9,11-12H2,1-7H3,(H2,30,31,32). The van der Waals surface area contributed by atoms with E-state index in [-0.39, 0.29) is 18.2 Å². The molecule has 8 heteroatoms. The predicted octanol–water partition coefficient (Wildman–Crippen LogP) is 7.30. The van der Waals surface area contributed by atoms with E-state index in [0.29, 0.717) is 17.7 Å². The second-order valence-corrected chi connectivity index (χ2v) is 13.0. The lowest BCUT2D eigenvalue weighted by atomic mass is 9.87. The van der Waals surface area contributed by atoms with E-state index in [1.165, 1.54) is 32.6 Å². The Labute approximate surface area is 223 Å². The summed E-state index contributed by atoms with van der Waals surface area (Å²) in [6, 6.07) is 2.67. The van der Waals surface area contributed by atoms with Gasteiger partial charge in [-0.15, -0.1) is 11.3 Å². The van der Waals surface area contributed by atoms with Crippen LogP contribution in [0.3, 0.4) is 0 Å². The average molecular weight is 522 g/mol. The number of hydrogen-bond donors (Lipinski definition) is 2. The van der Waals surface area contributed by atoms with E-state index < -0.39 is 5.60 Å². The molecular formula is C29H39N5O2S. The minimum Gasteiger partial charge on any atom is -0.444 e. The van der Waals surface area contributed by atoms with Gasteiger partial charge in [-0.05, 0) is 94.9 Å². The van der Waals surface area contributed by atoms with Crippen molar-refractivity contribution in [3.63, 3.8) is 0 Å². The van der Waals surface area contributed by atoms with Gasteiger partial charge < -0.3 is 20.4 Å². The molecule has 3 aromatic rings. The van der Waals surface area contributed by atoms with Gasteiger partial charge in [0.05, 0.1) is 12.0 Å². The van der Waals surface area contributed by atoms with Gasteiger partial charge in [-0.2, -0.15) is 0 Å². The van der Waals surface area contributed by atoms with Crippen LogP contribution in [0.4, 0.5) is 10.6 Å². The number of fused-ring (bicyclic) bond motifs is 3. The first-order valence-corrected chi connectivity index (χ1v) is 14.2. The zero-order valence-corrected chi connectivity index (χ0v) is 23.8. The molecule has 3 aromatic heterocycles. The summed E-state index contributed by atoms with van der Waals surface area (Å²) in [4.78, 5) is 30.2. The molecule has 2 saturated heterocycles. The van der Waals surface area contributed by atoms with E-state index in [0.717, 1.165) is 42.5 Å². The first kappa shape index (κ1) is 25.8. The van der Waals surface area contributed by atoms with Crippen LogP contribution in [-0.4, -0.2) is 45.0 Å². The second-order valence-electron chi connectivity index (χ2n) is 11.9. The highest BCUT2D eigenvalue weighted by Crippen LogP contribution is 2.50. The molecule has 7 nitrogen and oxygen atoms in total. The number of nitrogens with two attached hydrogens (primary N) is 1. The summed E-state index contributed by atoms with van der Waals surface area (Å²) >= 11 is 1.89.